The lowest BCUT2D eigenvalue weighted by atomic mass is 9.97. The van der Waals surface area contributed by atoms with Crippen LogP contribution in [0.5, 0.6) is 0 Å². The fraction of sp³-hybridized carbons (Fsp3) is 0.700. The quantitative estimate of drug-likeness (QED) is 0.854. The zero-order valence-electron chi connectivity index (χ0n) is 9.77. The smallest absolute Gasteiger partial charge is 0.153 e. The van der Waals surface area contributed by atoms with Crippen molar-refractivity contribution in [2.24, 2.45) is 7.05 Å². The number of rotatable bonds is 2. The van der Waals surface area contributed by atoms with Crippen molar-refractivity contribution in [2.75, 3.05) is 11.5 Å². The highest BCUT2D eigenvalue weighted by molar-refractivity contribution is 7.91. The van der Waals surface area contributed by atoms with E-state index >= 15 is 0 Å². The Morgan fingerprint density at radius 2 is 2.24 bits per heavy atom. The van der Waals surface area contributed by atoms with Crippen molar-refractivity contribution in [1.29, 1.82) is 0 Å². The van der Waals surface area contributed by atoms with Crippen LogP contribution < -0.4 is 0 Å². The minimum Gasteiger partial charge on any atom is -0.388 e. The number of aliphatic hydroxyl groups is 1. The lowest BCUT2D eigenvalue weighted by Gasteiger charge is -2.20. The molecule has 1 aliphatic rings. The first kappa shape index (κ1) is 12.9. The van der Waals surface area contributed by atoms with E-state index in [2.05, 4.69) is 5.10 Å². The fourth-order valence-electron chi connectivity index (χ4n) is 2.22. The molecule has 1 aromatic heterocycles. The van der Waals surface area contributed by atoms with Gasteiger partial charge in [0, 0.05) is 13.5 Å². The second-order valence-electron chi connectivity index (χ2n) is 4.71. The first-order valence-electron chi connectivity index (χ1n) is 5.33. The van der Waals surface area contributed by atoms with E-state index in [0.29, 0.717) is 16.4 Å². The van der Waals surface area contributed by atoms with Gasteiger partial charge in [-0.1, -0.05) is 11.6 Å². The Labute approximate surface area is 105 Å². The van der Waals surface area contributed by atoms with Gasteiger partial charge in [0.05, 0.1) is 33.5 Å². The van der Waals surface area contributed by atoms with Crippen LogP contribution in [0.4, 0.5) is 0 Å². The number of nitrogens with zero attached hydrogens (tertiary/aromatic N) is 2. The van der Waals surface area contributed by atoms with E-state index in [9.17, 15) is 13.5 Å². The highest BCUT2D eigenvalue weighted by atomic mass is 35.5. The predicted octanol–water partition coefficient (Wildman–Crippen LogP) is 0.474. The van der Waals surface area contributed by atoms with Crippen molar-refractivity contribution in [3.05, 3.63) is 16.4 Å². The van der Waals surface area contributed by atoms with E-state index in [4.69, 9.17) is 11.6 Å². The molecule has 17 heavy (non-hydrogen) atoms. The summed E-state index contributed by atoms with van der Waals surface area (Å²) in [6.07, 6.45) is 0.484. The van der Waals surface area contributed by atoms with E-state index in [-0.39, 0.29) is 24.3 Å². The maximum Gasteiger partial charge on any atom is 0.153 e. The summed E-state index contributed by atoms with van der Waals surface area (Å²) in [7, 11) is -1.38. The van der Waals surface area contributed by atoms with Crippen LogP contribution in [0, 0.1) is 6.92 Å². The van der Waals surface area contributed by atoms with Crippen molar-refractivity contribution >= 4 is 21.4 Å². The minimum absolute atomic E-state index is 0.0396. The summed E-state index contributed by atoms with van der Waals surface area (Å²) in [5.74, 6) is -0.154. The van der Waals surface area contributed by atoms with E-state index in [0.717, 1.165) is 0 Å². The highest BCUT2D eigenvalue weighted by Crippen LogP contribution is 2.30. The van der Waals surface area contributed by atoms with Gasteiger partial charge in [-0.15, -0.1) is 0 Å². The third kappa shape index (κ3) is 2.48. The van der Waals surface area contributed by atoms with E-state index in [1.54, 1.807) is 18.7 Å². The molecule has 2 heterocycles. The SMILES string of the molecule is Cc1nn(C)c(CC2(O)CCS(=O)(=O)C2)c1Cl. The van der Waals surface area contributed by atoms with Crippen molar-refractivity contribution in [2.45, 2.75) is 25.4 Å². The summed E-state index contributed by atoms with van der Waals surface area (Å²) in [5.41, 5.74) is 0.167. The molecule has 0 saturated carbocycles. The average molecular weight is 279 g/mol. The zero-order valence-corrected chi connectivity index (χ0v) is 11.3. The lowest BCUT2D eigenvalue weighted by molar-refractivity contribution is 0.0662. The van der Waals surface area contributed by atoms with Gasteiger partial charge in [-0.3, -0.25) is 4.68 Å². The third-order valence-corrected chi connectivity index (χ3v) is 5.42. The summed E-state index contributed by atoms with van der Waals surface area (Å²) in [5, 5.41) is 14.9. The largest absolute Gasteiger partial charge is 0.388 e. The second-order valence-corrected chi connectivity index (χ2v) is 7.27. The molecule has 0 bridgehead atoms. The maximum atomic E-state index is 11.4. The third-order valence-electron chi connectivity index (χ3n) is 3.13. The predicted molar refractivity (Wildman–Crippen MR) is 64.9 cm³/mol. The van der Waals surface area contributed by atoms with Gasteiger partial charge in [0.15, 0.2) is 9.84 Å². The molecule has 96 valence electrons. The van der Waals surface area contributed by atoms with Crippen LogP contribution in [0.3, 0.4) is 0 Å². The number of hydrogen-bond acceptors (Lipinski definition) is 4. The van der Waals surface area contributed by atoms with Crippen LogP contribution in [0.1, 0.15) is 17.8 Å². The molecular weight excluding hydrogens is 264 g/mol. The molecule has 0 aliphatic carbocycles. The molecule has 1 atom stereocenters. The Kier molecular flexibility index (Phi) is 3.00. The first-order chi connectivity index (χ1) is 7.72. The molecule has 0 amide bonds. The normalized spacial score (nSPS) is 27.5. The number of halogens is 1. The van der Waals surface area contributed by atoms with Crippen LogP contribution in [-0.4, -0.2) is 40.4 Å². The van der Waals surface area contributed by atoms with E-state index in [1.807, 2.05) is 0 Å². The number of aryl methyl sites for hydroxylation is 2. The summed E-state index contributed by atoms with van der Waals surface area (Å²) >= 11 is 6.08. The summed E-state index contributed by atoms with van der Waals surface area (Å²) in [6, 6.07) is 0. The van der Waals surface area contributed by atoms with Gasteiger partial charge in [-0.2, -0.15) is 5.10 Å². The highest BCUT2D eigenvalue weighted by Gasteiger charge is 2.41. The first-order valence-corrected chi connectivity index (χ1v) is 7.53. The Balaban J connectivity index is 2.27. The van der Waals surface area contributed by atoms with Crippen LogP contribution in [0.2, 0.25) is 5.02 Å². The molecule has 0 aromatic carbocycles. The maximum absolute atomic E-state index is 11.4. The van der Waals surface area contributed by atoms with Crippen molar-refractivity contribution in [1.82, 2.24) is 9.78 Å². The standard InChI is InChI=1S/C10H15ClN2O3S/c1-7-9(11)8(13(2)12-7)5-10(14)3-4-17(15,16)6-10/h14H,3-6H2,1-2H3. The van der Waals surface area contributed by atoms with Gasteiger partial charge in [0.2, 0.25) is 0 Å². The lowest BCUT2D eigenvalue weighted by Crippen LogP contribution is -2.33. The Morgan fingerprint density at radius 3 is 2.65 bits per heavy atom. The molecule has 0 spiro atoms. The molecule has 2 rings (SSSR count). The van der Waals surface area contributed by atoms with Gasteiger partial charge in [0.25, 0.3) is 0 Å². The van der Waals surface area contributed by atoms with Crippen molar-refractivity contribution < 1.29 is 13.5 Å². The van der Waals surface area contributed by atoms with Crippen LogP contribution in [0.15, 0.2) is 0 Å². The molecule has 1 aromatic rings. The van der Waals surface area contributed by atoms with Crippen molar-refractivity contribution in [3.8, 4) is 0 Å². The van der Waals surface area contributed by atoms with E-state index < -0.39 is 15.4 Å². The van der Waals surface area contributed by atoms with Crippen LogP contribution >= 0.6 is 11.6 Å². The Morgan fingerprint density at radius 1 is 1.59 bits per heavy atom. The molecule has 1 saturated heterocycles. The van der Waals surface area contributed by atoms with Gasteiger partial charge in [0.1, 0.15) is 0 Å². The van der Waals surface area contributed by atoms with Crippen LogP contribution in [0.25, 0.3) is 0 Å². The molecule has 5 nitrogen and oxygen atoms in total. The number of sulfone groups is 1. The van der Waals surface area contributed by atoms with E-state index in [1.165, 1.54) is 0 Å². The monoisotopic (exact) mass is 278 g/mol. The summed E-state index contributed by atoms with van der Waals surface area (Å²) < 4.78 is 24.4. The van der Waals surface area contributed by atoms with Gasteiger partial charge in [-0.05, 0) is 13.3 Å². The molecule has 1 aliphatic heterocycles. The molecule has 1 fully saturated rings. The van der Waals surface area contributed by atoms with Gasteiger partial charge >= 0.3 is 0 Å². The van der Waals surface area contributed by atoms with Crippen LogP contribution in [-0.2, 0) is 23.3 Å². The topological polar surface area (TPSA) is 72.2 Å². The summed E-state index contributed by atoms with van der Waals surface area (Å²) in [4.78, 5) is 0. The molecular formula is C10H15ClN2O3S. The summed E-state index contributed by atoms with van der Waals surface area (Å²) in [6.45, 7) is 1.78. The number of aromatic nitrogens is 2. The second kappa shape index (κ2) is 3.96. The zero-order chi connectivity index (χ0) is 12.8. The average Bonchev–Trinajstić information content (AvgIpc) is 2.59. The molecule has 1 N–H and O–H groups in total. The van der Waals surface area contributed by atoms with Gasteiger partial charge in [-0.25, -0.2) is 8.42 Å². The van der Waals surface area contributed by atoms with Crippen molar-refractivity contribution in [3.63, 3.8) is 0 Å². The van der Waals surface area contributed by atoms with Gasteiger partial charge < -0.3 is 5.11 Å². The Hall–Kier alpha value is -0.590. The molecule has 1 unspecified atom stereocenters. The minimum atomic E-state index is -3.12. The number of hydrogen-bond donors (Lipinski definition) is 1. The molecule has 7 heteroatoms. The fourth-order valence-corrected chi connectivity index (χ4v) is 4.35. The Bertz CT molecular complexity index is 552. The molecule has 0 radical (unpaired) electrons.